The van der Waals surface area contributed by atoms with Gasteiger partial charge in [0.2, 0.25) is 0 Å². The van der Waals surface area contributed by atoms with E-state index in [1.165, 1.54) is 12.1 Å². The van der Waals surface area contributed by atoms with E-state index in [4.69, 9.17) is 4.74 Å². The van der Waals surface area contributed by atoms with Crippen molar-refractivity contribution in [1.82, 2.24) is 14.5 Å². The lowest BCUT2D eigenvalue weighted by molar-refractivity contribution is -0.132. The maximum Gasteiger partial charge on any atom is 0.250 e. The summed E-state index contributed by atoms with van der Waals surface area (Å²) in [5.41, 5.74) is 4.43. The molecule has 0 unspecified atom stereocenters. The molecule has 2 aromatic carbocycles. The Hall–Kier alpha value is -3.41. The van der Waals surface area contributed by atoms with Gasteiger partial charge in [0.15, 0.2) is 0 Å². The smallest absolute Gasteiger partial charge is 0.250 e. The molecule has 5 nitrogen and oxygen atoms in total. The van der Waals surface area contributed by atoms with Crippen molar-refractivity contribution in [2.75, 3.05) is 7.11 Å². The fourth-order valence-electron chi connectivity index (χ4n) is 4.29. The summed E-state index contributed by atoms with van der Waals surface area (Å²) in [6.07, 6.45) is 6.54. The molecule has 0 bridgehead atoms. The number of halogens is 1. The highest BCUT2D eigenvalue weighted by molar-refractivity contribution is 5.99. The third-order valence-electron chi connectivity index (χ3n) is 6.05. The molecule has 2 atom stereocenters. The zero-order valence-corrected chi connectivity index (χ0v) is 18.9. The molecule has 1 fully saturated rings. The van der Waals surface area contributed by atoms with Crippen LogP contribution in [0, 0.1) is 18.7 Å². The Morgan fingerprint density at radius 1 is 1.19 bits per heavy atom. The van der Waals surface area contributed by atoms with Crippen LogP contribution in [0.3, 0.4) is 0 Å². The van der Waals surface area contributed by atoms with Crippen molar-refractivity contribution in [1.29, 1.82) is 0 Å². The summed E-state index contributed by atoms with van der Waals surface area (Å²) in [7, 11) is 1.64. The van der Waals surface area contributed by atoms with Gasteiger partial charge in [0.25, 0.3) is 5.91 Å². The Kier molecular flexibility index (Phi) is 6.12. The minimum absolute atomic E-state index is 0.0221. The number of methoxy groups -OCH3 is 1. The van der Waals surface area contributed by atoms with Crippen LogP contribution in [-0.4, -0.2) is 33.5 Å². The van der Waals surface area contributed by atoms with Gasteiger partial charge in [-0.15, -0.1) is 0 Å². The number of amides is 1. The highest BCUT2D eigenvalue weighted by Crippen LogP contribution is 2.32. The van der Waals surface area contributed by atoms with E-state index in [2.05, 4.69) is 18.8 Å². The number of hydrogen-bond donors (Lipinski definition) is 0. The maximum absolute atomic E-state index is 13.4. The van der Waals surface area contributed by atoms with Gasteiger partial charge in [-0.1, -0.05) is 25.1 Å². The summed E-state index contributed by atoms with van der Waals surface area (Å²) in [5, 5.41) is 0. The Bertz CT molecular complexity index is 1150. The number of nitrogens with zero attached hydrogens (tertiary/aromatic N) is 3. The summed E-state index contributed by atoms with van der Waals surface area (Å²) >= 11 is 0. The van der Waals surface area contributed by atoms with Crippen LogP contribution < -0.4 is 4.74 Å². The van der Waals surface area contributed by atoms with Gasteiger partial charge in [-0.05, 0) is 67.7 Å². The van der Waals surface area contributed by atoms with Crippen molar-refractivity contribution in [2.24, 2.45) is 5.92 Å². The monoisotopic (exact) mass is 433 g/mol. The average molecular weight is 434 g/mol. The summed E-state index contributed by atoms with van der Waals surface area (Å²) in [4.78, 5) is 19.6. The van der Waals surface area contributed by atoms with Gasteiger partial charge in [-0.2, -0.15) is 0 Å². The zero-order valence-electron chi connectivity index (χ0n) is 18.9. The van der Waals surface area contributed by atoms with Gasteiger partial charge in [-0.3, -0.25) is 4.79 Å². The van der Waals surface area contributed by atoms with Crippen molar-refractivity contribution in [3.63, 3.8) is 0 Å². The minimum atomic E-state index is -0.274. The molecule has 3 aromatic rings. The number of hydrogen-bond acceptors (Lipinski definition) is 3. The Morgan fingerprint density at radius 3 is 2.59 bits per heavy atom. The molecule has 0 N–H and O–H groups in total. The first-order chi connectivity index (χ1) is 15.4. The van der Waals surface area contributed by atoms with Crippen molar-refractivity contribution in [3.8, 4) is 11.4 Å². The lowest BCUT2D eigenvalue weighted by atomic mass is 9.86. The molecule has 0 aliphatic carbocycles. The fraction of sp³-hybridized carbons (Fsp3) is 0.308. The second kappa shape index (κ2) is 8.99. The summed E-state index contributed by atoms with van der Waals surface area (Å²) < 4.78 is 20.8. The molecular weight excluding hydrogens is 405 g/mol. The molecular formula is C26H28FN3O2. The topological polar surface area (TPSA) is 47.4 Å². The third kappa shape index (κ3) is 4.44. The van der Waals surface area contributed by atoms with E-state index in [0.717, 1.165) is 34.5 Å². The molecule has 32 heavy (non-hydrogen) atoms. The Labute approximate surface area is 188 Å². The van der Waals surface area contributed by atoms with Crippen molar-refractivity contribution in [2.45, 2.75) is 39.8 Å². The number of aromatic nitrogens is 2. The Balaban J connectivity index is 1.63. The fourth-order valence-corrected chi connectivity index (χ4v) is 4.29. The molecule has 0 saturated carbocycles. The lowest BCUT2D eigenvalue weighted by Gasteiger charge is -2.38. The van der Waals surface area contributed by atoms with Gasteiger partial charge in [0.1, 0.15) is 11.6 Å². The molecule has 0 radical (unpaired) electrons. The minimum Gasteiger partial charge on any atom is -0.495 e. The average Bonchev–Trinajstić information content (AvgIpc) is 3.21. The van der Waals surface area contributed by atoms with E-state index in [9.17, 15) is 9.18 Å². The zero-order chi connectivity index (χ0) is 22.8. The first kappa shape index (κ1) is 21.8. The van der Waals surface area contributed by atoms with Gasteiger partial charge < -0.3 is 14.2 Å². The van der Waals surface area contributed by atoms with E-state index >= 15 is 0 Å². The maximum atomic E-state index is 13.4. The van der Waals surface area contributed by atoms with Crippen LogP contribution in [0.15, 0.2) is 60.6 Å². The normalized spacial score (nSPS) is 20.1. The van der Waals surface area contributed by atoms with E-state index < -0.39 is 0 Å². The van der Waals surface area contributed by atoms with E-state index in [1.807, 2.05) is 46.9 Å². The number of likely N-dealkylation sites (tertiary alicyclic amines) is 1. The second-order valence-corrected chi connectivity index (χ2v) is 8.50. The molecule has 4 rings (SSSR count). The number of aryl methyl sites for hydroxylation is 1. The molecule has 1 saturated heterocycles. The van der Waals surface area contributed by atoms with Crippen LogP contribution in [0.4, 0.5) is 4.39 Å². The second-order valence-electron chi connectivity index (χ2n) is 8.50. The molecule has 1 aliphatic rings. The van der Waals surface area contributed by atoms with Crippen LogP contribution in [0.5, 0.6) is 5.75 Å². The molecule has 1 amide bonds. The predicted molar refractivity (Wildman–Crippen MR) is 123 cm³/mol. The summed E-state index contributed by atoms with van der Waals surface area (Å²) in [6.45, 7) is 6.57. The summed E-state index contributed by atoms with van der Waals surface area (Å²) in [5.74, 6) is 0.603. The molecule has 1 aromatic heterocycles. The lowest BCUT2D eigenvalue weighted by Crippen LogP contribution is -2.45. The standard InChI is InChI=1S/C26H28FN3O2/c1-17-11-19(3)30(15-20-5-8-22(27)9-6-20)26(31)23(17)12-21-7-10-24(25(13-21)32-4)29-14-18(2)28-16-29/h5-10,12-14,16-17,19H,11,15H2,1-4H3/b23-12+/t17-,19-/m0/s1. The largest absolute Gasteiger partial charge is 0.495 e. The first-order valence-electron chi connectivity index (χ1n) is 10.8. The quantitative estimate of drug-likeness (QED) is 0.522. The third-order valence-corrected chi connectivity index (χ3v) is 6.05. The number of carbonyl (C=O) groups is 1. The van der Waals surface area contributed by atoms with Crippen LogP contribution in [0.1, 0.15) is 37.1 Å². The molecule has 166 valence electrons. The van der Waals surface area contributed by atoms with Crippen molar-refractivity contribution < 1.29 is 13.9 Å². The van der Waals surface area contributed by atoms with E-state index in [0.29, 0.717) is 12.3 Å². The Morgan fingerprint density at radius 2 is 1.94 bits per heavy atom. The number of benzene rings is 2. The van der Waals surface area contributed by atoms with Crippen LogP contribution >= 0.6 is 0 Å². The summed E-state index contributed by atoms with van der Waals surface area (Å²) in [6, 6.07) is 12.4. The van der Waals surface area contributed by atoms with Gasteiger partial charge in [-0.25, -0.2) is 9.37 Å². The molecule has 1 aliphatic heterocycles. The van der Waals surface area contributed by atoms with Gasteiger partial charge >= 0.3 is 0 Å². The number of rotatable bonds is 5. The molecule has 0 spiro atoms. The van der Waals surface area contributed by atoms with Gasteiger partial charge in [0.05, 0.1) is 24.8 Å². The molecule has 2 heterocycles. The highest BCUT2D eigenvalue weighted by atomic mass is 19.1. The first-order valence-corrected chi connectivity index (χ1v) is 10.8. The van der Waals surface area contributed by atoms with Crippen LogP contribution in [0.2, 0.25) is 0 Å². The van der Waals surface area contributed by atoms with E-state index in [1.54, 1.807) is 25.6 Å². The predicted octanol–water partition coefficient (Wildman–Crippen LogP) is 5.17. The van der Waals surface area contributed by atoms with Crippen molar-refractivity contribution >= 4 is 12.0 Å². The SMILES string of the molecule is COc1cc(/C=C2/C(=O)N(Cc3ccc(F)cc3)[C@@H](C)C[C@@H]2C)ccc1-n1cnc(C)c1. The van der Waals surface area contributed by atoms with E-state index in [-0.39, 0.29) is 23.7 Å². The van der Waals surface area contributed by atoms with Gasteiger partial charge in [0, 0.05) is 24.4 Å². The van der Waals surface area contributed by atoms with Crippen LogP contribution in [0.25, 0.3) is 11.8 Å². The number of imidazole rings is 1. The highest BCUT2D eigenvalue weighted by Gasteiger charge is 2.33. The molecule has 6 heteroatoms. The number of ether oxygens (including phenoxy) is 1. The van der Waals surface area contributed by atoms with Crippen LogP contribution in [-0.2, 0) is 11.3 Å². The number of piperidine rings is 1. The number of carbonyl (C=O) groups excluding carboxylic acids is 1. The van der Waals surface area contributed by atoms with Crippen molar-refractivity contribution in [3.05, 3.63) is 83.2 Å².